The SMILES string of the molecule is CC1=NN(C(=O)[C@@H](C)Oc2ccc(Cl)cc2Cl)C(=O)C1=Cc1ccccc1. The van der Waals surface area contributed by atoms with Gasteiger partial charge in [-0.3, -0.25) is 9.59 Å². The van der Waals surface area contributed by atoms with Gasteiger partial charge in [0.05, 0.1) is 16.3 Å². The van der Waals surface area contributed by atoms with Crippen LogP contribution in [-0.4, -0.2) is 28.6 Å². The molecule has 0 radical (unpaired) electrons. The lowest BCUT2D eigenvalue weighted by Gasteiger charge is -2.18. The molecule has 27 heavy (non-hydrogen) atoms. The molecule has 0 spiro atoms. The maximum Gasteiger partial charge on any atom is 0.290 e. The van der Waals surface area contributed by atoms with Crippen LogP contribution in [0.4, 0.5) is 0 Å². The topological polar surface area (TPSA) is 59.0 Å². The smallest absolute Gasteiger partial charge is 0.290 e. The molecule has 138 valence electrons. The molecule has 0 aliphatic carbocycles. The lowest BCUT2D eigenvalue weighted by atomic mass is 10.1. The Bertz CT molecular complexity index is 955. The summed E-state index contributed by atoms with van der Waals surface area (Å²) >= 11 is 11.9. The van der Waals surface area contributed by atoms with Crippen molar-refractivity contribution >= 4 is 46.8 Å². The van der Waals surface area contributed by atoms with Crippen LogP contribution >= 0.6 is 23.2 Å². The predicted octanol–water partition coefficient (Wildman–Crippen LogP) is 4.59. The highest BCUT2D eigenvalue weighted by molar-refractivity contribution is 6.35. The summed E-state index contributed by atoms with van der Waals surface area (Å²) < 4.78 is 5.59. The van der Waals surface area contributed by atoms with Gasteiger partial charge >= 0.3 is 0 Å². The Hall–Kier alpha value is -2.63. The second-order valence-electron chi connectivity index (χ2n) is 5.94. The van der Waals surface area contributed by atoms with Crippen molar-refractivity contribution in [2.45, 2.75) is 20.0 Å². The van der Waals surface area contributed by atoms with Crippen LogP contribution in [0, 0.1) is 0 Å². The monoisotopic (exact) mass is 402 g/mol. The van der Waals surface area contributed by atoms with Crippen molar-refractivity contribution in [3.8, 4) is 5.75 Å². The predicted molar refractivity (Wildman–Crippen MR) is 106 cm³/mol. The summed E-state index contributed by atoms with van der Waals surface area (Å²) in [5.74, 6) is -0.768. The molecule has 7 heteroatoms. The molecule has 0 aromatic heterocycles. The van der Waals surface area contributed by atoms with Crippen molar-refractivity contribution in [2.24, 2.45) is 5.10 Å². The first kappa shape index (κ1) is 19.1. The number of hydrazone groups is 1. The lowest BCUT2D eigenvalue weighted by molar-refractivity contribution is -0.146. The van der Waals surface area contributed by atoms with Gasteiger partial charge in [0.25, 0.3) is 11.8 Å². The second kappa shape index (κ2) is 7.94. The van der Waals surface area contributed by atoms with E-state index in [-0.39, 0.29) is 5.02 Å². The molecule has 0 unspecified atom stereocenters. The van der Waals surface area contributed by atoms with E-state index < -0.39 is 17.9 Å². The highest BCUT2D eigenvalue weighted by atomic mass is 35.5. The third kappa shape index (κ3) is 4.21. The van der Waals surface area contributed by atoms with Crippen LogP contribution < -0.4 is 4.74 Å². The molecule has 2 amide bonds. The number of rotatable bonds is 4. The van der Waals surface area contributed by atoms with Crippen molar-refractivity contribution in [1.82, 2.24) is 5.01 Å². The summed E-state index contributed by atoms with van der Waals surface area (Å²) in [6.45, 7) is 3.21. The Kier molecular flexibility index (Phi) is 5.63. The molecule has 5 nitrogen and oxygen atoms in total. The minimum Gasteiger partial charge on any atom is -0.479 e. The fourth-order valence-electron chi connectivity index (χ4n) is 2.53. The molecule has 1 aliphatic rings. The second-order valence-corrected chi connectivity index (χ2v) is 6.79. The van der Waals surface area contributed by atoms with Gasteiger partial charge in [0.2, 0.25) is 0 Å². The Morgan fingerprint density at radius 3 is 2.56 bits per heavy atom. The van der Waals surface area contributed by atoms with Crippen LogP contribution in [0.15, 0.2) is 59.2 Å². The molecule has 1 atom stereocenters. The molecular formula is C20H16Cl2N2O3. The summed E-state index contributed by atoms with van der Waals surface area (Å²) in [5.41, 5.74) is 1.68. The number of hydrogen-bond donors (Lipinski definition) is 0. The number of benzene rings is 2. The molecule has 1 aliphatic heterocycles. The van der Waals surface area contributed by atoms with E-state index in [1.165, 1.54) is 13.0 Å². The van der Waals surface area contributed by atoms with Crippen molar-refractivity contribution in [1.29, 1.82) is 0 Å². The van der Waals surface area contributed by atoms with Gasteiger partial charge in [0.15, 0.2) is 6.10 Å². The summed E-state index contributed by atoms with van der Waals surface area (Å²) in [7, 11) is 0. The maximum atomic E-state index is 12.7. The average molecular weight is 403 g/mol. The van der Waals surface area contributed by atoms with Crippen LogP contribution in [0.5, 0.6) is 5.75 Å². The van der Waals surface area contributed by atoms with E-state index in [0.29, 0.717) is 22.1 Å². The molecule has 0 bridgehead atoms. The highest BCUT2D eigenvalue weighted by Crippen LogP contribution is 2.29. The number of ether oxygens (including phenoxy) is 1. The van der Waals surface area contributed by atoms with E-state index in [2.05, 4.69) is 5.10 Å². The zero-order valence-corrected chi connectivity index (χ0v) is 16.2. The largest absolute Gasteiger partial charge is 0.479 e. The highest BCUT2D eigenvalue weighted by Gasteiger charge is 2.35. The third-order valence-electron chi connectivity index (χ3n) is 3.93. The molecule has 0 N–H and O–H groups in total. The third-order valence-corrected chi connectivity index (χ3v) is 4.46. The van der Waals surface area contributed by atoms with E-state index in [0.717, 1.165) is 10.6 Å². The molecule has 2 aromatic carbocycles. The van der Waals surface area contributed by atoms with Gasteiger partial charge in [-0.25, -0.2) is 0 Å². The molecule has 3 rings (SSSR count). The van der Waals surface area contributed by atoms with Gasteiger partial charge in [0.1, 0.15) is 5.75 Å². The Morgan fingerprint density at radius 1 is 1.19 bits per heavy atom. The standard InChI is InChI=1S/C20H16Cl2N2O3/c1-12-16(10-14-6-4-3-5-7-14)20(26)24(23-12)19(25)13(2)27-18-9-8-15(21)11-17(18)22/h3-11,13H,1-2H3/t13-/m1/s1. The summed E-state index contributed by atoms with van der Waals surface area (Å²) in [4.78, 5) is 25.3. The maximum absolute atomic E-state index is 12.7. The minimum absolute atomic E-state index is 0.277. The van der Waals surface area contributed by atoms with Gasteiger partial charge in [-0.1, -0.05) is 53.5 Å². The molecule has 0 saturated carbocycles. The number of hydrogen-bond acceptors (Lipinski definition) is 4. The summed E-state index contributed by atoms with van der Waals surface area (Å²) in [6.07, 6.45) is 0.746. The van der Waals surface area contributed by atoms with E-state index in [4.69, 9.17) is 27.9 Å². The van der Waals surface area contributed by atoms with E-state index in [1.54, 1.807) is 25.1 Å². The molecule has 1 heterocycles. The zero-order chi connectivity index (χ0) is 19.6. The fourth-order valence-corrected chi connectivity index (χ4v) is 2.99. The Labute approximate surface area is 166 Å². The molecule has 0 fully saturated rings. The number of nitrogens with zero attached hydrogens (tertiary/aromatic N) is 2. The molecular weight excluding hydrogens is 387 g/mol. The van der Waals surface area contributed by atoms with Crippen LogP contribution in [0.25, 0.3) is 6.08 Å². The molecule has 0 saturated heterocycles. The van der Waals surface area contributed by atoms with Crippen molar-refractivity contribution in [2.75, 3.05) is 0 Å². The number of imide groups is 1. The number of carbonyl (C=O) groups excluding carboxylic acids is 2. The summed E-state index contributed by atoms with van der Waals surface area (Å²) in [6, 6.07) is 14.0. The molecule has 2 aromatic rings. The van der Waals surface area contributed by atoms with Gasteiger partial charge in [0, 0.05) is 5.02 Å². The van der Waals surface area contributed by atoms with Crippen molar-refractivity contribution in [3.63, 3.8) is 0 Å². The quantitative estimate of drug-likeness (QED) is 0.702. The minimum atomic E-state index is -0.958. The first-order valence-electron chi connectivity index (χ1n) is 8.19. The van der Waals surface area contributed by atoms with E-state index >= 15 is 0 Å². The van der Waals surface area contributed by atoms with Crippen LogP contribution in [0.1, 0.15) is 19.4 Å². The van der Waals surface area contributed by atoms with Crippen LogP contribution in [0.3, 0.4) is 0 Å². The van der Waals surface area contributed by atoms with E-state index in [9.17, 15) is 9.59 Å². The van der Waals surface area contributed by atoms with Crippen LogP contribution in [-0.2, 0) is 9.59 Å². The summed E-state index contributed by atoms with van der Waals surface area (Å²) in [5, 5.41) is 5.66. The van der Waals surface area contributed by atoms with Gasteiger partial charge in [-0.15, -0.1) is 0 Å². The number of carbonyl (C=O) groups is 2. The first-order valence-corrected chi connectivity index (χ1v) is 8.94. The van der Waals surface area contributed by atoms with E-state index in [1.807, 2.05) is 30.3 Å². The number of amides is 2. The Morgan fingerprint density at radius 2 is 1.89 bits per heavy atom. The van der Waals surface area contributed by atoms with Crippen molar-refractivity contribution in [3.05, 3.63) is 69.7 Å². The first-order chi connectivity index (χ1) is 12.9. The average Bonchev–Trinajstić information content (AvgIpc) is 2.92. The van der Waals surface area contributed by atoms with Gasteiger partial charge in [-0.05, 0) is 43.7 Å². The van der Waals surface area contributed by atoms with Gasteiger partial charge in [-0.2, -0.15) is 10.1 Å². The lowest BCUT2D eigenvalue weighted by Crippen LogP contribution is -2.39. The fraction of sp³-hybridized carbons (Fsp3) is 0.150. The van der Waals surface area contributed by atoms with Crippen molar-refractivity contribution < 1.29 is 14.3 Å². The van der Waals surface area contributed by atoms with Gasteiger partial charge < -0.3 is 4.74 Å². The normalized spacial score (nSPS) is 16.4. The van der Waals surface area contributed by atoms with Crippen LogP contribution in [0.2, 0.25) is 10.0 Å². The number of halogens is 2. The Balaban J connectivity index is 1.77. The zero-order valence-electron chi connectivity index (χ0n) is 14.6.